The summed E-state index contributed by atoms with van der Waals surface area (Å²) in [6.45, 7) is 9.19. The summed E-state index contributed by atoms with van der Waals surface area (Å²) in [7, 11) is -3.63. The van der Waals surface area contributed by atoms with Crippen molar-refractivity contribution >= 4 is 26.5 Å². The molecule has 0 saturated carbocycles. The molecule has 0 unspecified atom stereocenters. The van der Waals surface area contributed by atoms with Gasteiger partial charge in [-0.25, -0.2) is 22.8 Å². The van der Waals surface area contributed by atoms with Crippen molar-refractivity contribution in [1.29, 1.82) is 0 Å². The average molecular weight is 590 g/mol. The molecule has 3 aromatic rings. The lowest BCUT2D eigenvalue weighted by Crippen LogP contribution is -2.55. The molecular weight excluding hydrogens is 553 g/mol. The maximum absolute atomic E-state index is 13.5. The summed E-state index contributed by atoms with van der Waals surface area (Å²) in [4.78, 5) is 15.6. The highest BCUT2D eigenvalue weighted by molar-refractivity contribution is 7.91. The number of aliphatic hydroxyl groups is 1. The lowest BCUT2D eigenvalue weighted by Gasteiger charge is -2.42. The van der Waals surface area contributed by atoms with E-state index in [2.05, 4.69) is 43.1 Å². The number of hydrogen-bond donors (Lipinski definition) is 1. The fourth-order valence-corrected chi connectivity index (χ4v) is 8.98. The van der Waals surface area contributed by atoms with E-state index >= 15 is 0 Å². The zero-order valence-corrected chi connectivity index (χ0v) is 24.4. The number of fused-ring (bicyclic) bond motifs is 1. The zero-order valence-electron chi connectivity index (χ0n) is 22.8. The minimum absolute atomic E-state index is 0.00437. The Bertz CT molecular complexity index is 1420. The minimum atomic E-state index is -3.63. The van der Waals surface area contributed by atoms with Gasteiger partial charge in [0.15, 0.2) is 9.34 Å². The molecule has 0 radical (unpaired) electrons. The lowest BCUT2D eigenvalue weighted by molar-refractivity contribution is 0.166. The van der Waals surface area contributed by atoms with Crippen molar-refractivity contribution in [2.24, 2.45) is 0 Å². The van der Waals surface area contributed by atoms with E-state index in [1.54, 1.807) is 22.8 Å². The quantitative estimate of drug-likeness (QED) is 0.448. The number of imidazole rings is 1. The molecule has 3 fully saturated rings. The Morgan fingerprint density at radius 3 is 2.60 bits per heavy atom. The molecular formula is C27H36FN7O3S2. The highest BCUT2D eigenvalue weighted by Gasteiger charge is 2.39. The maximum Gasteiger partial charge on any atom is 0.254 e. The predicted octanol–water partition coefficient (Wildman–Crippen LogP) is 2.24. The number of benzene rings is 1. The van der Waals surface area contributed by atoms with Crippen LogP contribution in [0.15, 0.2) is 47.2 Å². The third kappa shape index (κ3) is 5.42. The molecule has 216 valence electrons. The fourth-order valence-electron chi connectivity index (χ4n) is 6.17. The number of anilines is 1. The highest BCUT2D eigenvalue weighted by Crippen LogP contribution is 2.34. The third-order valence-electron chi connectivity index (χ3n) is 8.49. The number of rotatable bonds is 7. The van der Waals surface area contributed by atoms with Crippen LogP contribution in [0.1, 0.15) is 37.6 Å². The first-order valence-corrected chi connectivity index (χ1v) is 16.1. The molecule has 2 aromatic heterocycles. The van der Waals surface area contributed by atoms with Crippen LogP contribution in [0.4, 0.5) is 9.52 Å². The SMILES string of the molecule is C[C@H](c1ccc(F)cc1)n1cncc1CN1CCN(S(=O)(=O)c2cnc(N3C[C@@H]4C[C@@H](O)CN4C[C@@H]3C)s2)CC1. The summed E-state index contributed by atoms with van der Waals surface area (Å²) >= 11 is 1.24. The molecule has 0 aliphatic carbocycles. The Morgan fingerprint density at radius 1 is 1.10 bits per heavy atom. The van der Waals surface area contributed by atoms with E-state index in [1.807, 2.05) is 6.20 Å². The molecule has 13 heteroatoms. The number of halogens is 1. The van der Waals surface area contributed by atoms with Gasteiger partial charge in [-0.1, -0.05) is 23.5 Å². The van der Waals surface area contributed by atoms with E-state index in [0.717, 1.165) is 35.9 Å². The van der Waals surface area contributed by atoms with Gasteiger partial charge in [-0.2, -0.15) is 4.31 Å². The summed E-state index contributed by atoms with van der Waals surface area (Å²) in [5.41, 5.74) is 2.03. The summed E-state index contributed by atoms with van der Waals surface area (Å²) < 4.78 is 44.3. The molecule has 3 aliphatic rings. The molecule has 1 aromatic carbocycles. The first-order valence-electron chi connectivity index (χ1n) is 13.8. The maximum atomic E-state index is 13.5. The van der Waals surface area contributed by atoms with Crippen LogP contribution in [0.3, 0.4) is 0 Å². The van der Waals surface area contributed by atoms with Gasteiger partial charge in [-0.15, -0.1) is 0 Å². The summed E-state index contributed by atoms with van der Waals surface area (Å²) in [6, 6.07) is 7.00. The van der Waals surface area contributed by atoms with Crippen molar-refractivity contribution in [1.82, 2.24) is 28.6 Å². The van der Waals surface area contributed by atoms with Crippen LogP contribution in [0.25, 0.3) is 0 Å². The van der Waals surface area contributed by atoms with Gasteiger partial charge in [-0.3, -0.25) is 9.80 Å². The normalized spacial score (nSPS) is 25.8. The van der Waals surface area contributed by atoms with Crippen LogP contribution in [0.2, 0.25) is 0 Å². The Labute approximate surface area is 238 Å². The second kappa shape index (κ2) is 11.1. The standard InChI is InChI=1S/C27H36FN7O3S2/c1-19-14-32-17-25(36)11-23(32)16-34(19)27-30-13-26(39-27)40(37,38)33-9-7-31(8-10-33)15-24-12-29-18-35(24)20(2)21-3-5-22(28)6-4-21/h3-6,12-13,18-20,23,25,36H,7-11,14-17H2,1-2H3/t19-,20+,23-,25+/m0/s1. The molecule has 0 bridgehead atoms. The van der Waals surface area contributed by atoms with Crippen LogP contribution in [-0.4, -0.2) is 106 Å². The number of sulfonamides is 1. The zero-order chi connectivity index (χ0) is 28.0. The van der Waals surface area contributed by atoms with Crippen molar-refractivity contribution in [2.45, 2.75) is 55.3 Å². The van der Waals surface area contributed by atoms with E-state index in [-0.39, 0.29) is 34.3 Å². The van der Waals surface area contributed by atoms with Gasteiger partial charge in [0.1, 0.15) is 5.82 Å². The largest absolute Gasteiger partial charge is 0.392 e. The van der Waals surface area contributed by atoms with Crippen LogP contribution < -0.4 is 4.90 Å². The van der Waals surface area contributed by atoms with E-state index in [4.69, 9.17) is 0 Å². The molecule has 0 spiro atoms. The highest BCUT2D eigenvalue weighted by atomic mass is 32.2. The Kier molecular flexibility index (Phi) is 7.70. The van der Waals surface area contributed by atoms with Crippen LogP contribution >= 0.6 is 11.3 Å². The molecule has 1 N–H and O–H groups in total. The number of aliphatic hydroxyl groups excluding tert-OH is 1. The minimum Gasteiger partial charge on any atom is -0.392 e. The van der Waals surface area contributed by atoms with Gasteiger partial charge in [0, 0.05) is 70.6 Å². The third-order valence-corrected chi connectivity index (χ3v) is 11.9. The van der Waals surface area contributed by atoms with Gasteiger partial charge in [0.05, 0.1) is 30.4 Å². The van der Waals surface area contributed by atoms with Crippen molar-refractivity contribution < 1.29 is 17.9 Å². The Balaban J connectivity index is 1.07. The lowest BCUT2D eigenvalue weighted by atomic mass is 10.1. The summed E-state index contributed by atoms with van der Waals surface area (Å²) in [6.07, 6.45) is 5.59. The summed E-state index contributed by atoms with van der Waals surface area (Å²) in [5.74, 6) is -0.258. The van der Waals surface area contributed by atoms with Crippen LogP contribution in [-0.2, 0) is 16.6 Å². The van der Waals surface area contributed by atoms with Gasteiger partial charge in [-0.05, 0) is 38.0 Å². The van der Waals surface area contributed by atoms with Crippen molar-refractivity contribution in [3.05, 3.63) is 60.1 Å². The number of aromatic nitrogens is 3. The molecule has 4 atom stereocenters. The monoisotopic (exact) mass is 589 g/mol. The number of hydrogen-bond acceptors (Lipinski definition) is 9. The topological polar surface area (TPSA) is 98.0 Å². The summed E-state index contributed by atoms with van der Waals surface area (Å²) in [5, 5.41) is 10.8. The number of thiazole rings is 1. The Morgan fingerprint density at radius 2 is 1.85 bits per heavy atom. The smallest absolute Gasteiger partial charge is 0.254 e. The molecule has 6 rings (SSSR count). The van der Waals surface area contributed by atoms with Crippen molar-refractivity contribution in [3.8, 4) is 0 Å². The predicted molar refractivity (Wildman–Crippen MR) is 151 cm³/mol. The molecule has 3 saturated heterocycles. The second-order valence-corrected chi connectivity index (χ2v) is 14.3. The number of piperazine rings is 2. The van der Waals surface area contributed by atoms with Gasteiger partial charge >= 0.3 is 0 Å². The average Bonchev–Trinajstić information content (AvgIpc) is 3.68. The van der Waals surface area contributed by atoms with E-state index < -0.39 is 10.0 Å². The molecule has 40 heavy (non-hydrogen) atoms. The fraction of sp³-hybridized carbons (Fsp3) is 0.556. The molecule has 5 heterocycles. The van der Waals surface area contributed by atoms with Crippen LogP contribution in [0, 0.1) is 5.82 Å². The van der Waals surface area contributed by atoms with Crippen molar-refractivity contribution in [2.75, 3.05) is 50.7 Å². The van der Waals surface area contributed by atoms with Gasteiger partial charge in [0.2, 0.25) is 0 Å². The van der Waals surface area contributed by atoms with Gasteiger partial charge < -0.3 is 14.6 Å². The first-order chi connectivity index (χ1) is 19.2. The second-order valence-electron chi connectivity index (χ2n) is 11.2. The molecule has 3 aliphatic heterocycles. The van der Waals surface area contributed by atoms with Crippen molar-refractivity contribution in [3.63, 3.8) is 0 Å². The van der Waals surface area contributed by atoms with Crippen LogP contribution in [0.5, 0.6) is 0 Å². The molecule has 10 nitrogen and oxygen atoms in total. The van der Waals surface area contributed by atoms with E-state index in [0.29, 0.717) is 39.3 Å². The van der Waals surface area contributed by atoms with Gasteiger partial charge in [0.25, 0.3) is 10.0 Å². The molecule has 0 amide bonds. The number of nitrogens with zero attached hydrogens (tertiary/aromatic N) is 7. The van der Waals surface area contributed by atoms with E-state index in [9.17, 15) is 17.9 Å². The Hall–Kier alpha value is -2.42. The van der Waals surface area contributed by atoms with E-state index in [1.165, 1.54) is 29.7 Å². The first kappa shape index (κ1) is 27.7.